The van der Waals surface area contributed by atoms with Gasteiger partial charge in [0.1, 0.15) is 18.2 Å². The minimum atomic E-state index is -0.317. The van der Waals surface area contributed by atoms with Crippen LogP contribution in [-0.2, 0) is 4.74 Å². The van der Waals surface area contributed by atoms with Crippen molar-refractivity contribution in [1.82, 2.24) is 0 Å². The molecule has 0 spiro atoms. The molecule has 1 aromatic rings. The van der Waals surface area contributed by atoms with Crippen LogP contribution in [0.1, 0.15) is 0 Å². The molecule has 78 valence electrons. The van der Waals surface area contributed by atoms with E-state index in [-0.39, 0.29) is 11.9 Å². The maximum atomic E-state index is 12.7. The zero-order valence-electron chi connectivity index (χ0n) is 8.07. The molecule has 0 saturated carbocycles. The third kappa shape index (κ3) is 3.72. The Kier molecular flexibility index (Phi) is 4.35. The Hall–Kier alpha value is -1.13. The summed E-state index contributed by atoms with van der Waals surface area (Å²) in [6.45, 7) is 0.743. The van der Waals surface area contributed by atoms with E-state index in [4.69, 9.17) is 15.2 Å². The van der Waals surface area contributed by atoms with Crippen molar-refractivity contribution in [1.29, 1.82) is 0 Å². The first kappa shape index (κ1) is 10.9. The van der Waals surface area contributed by atoms with E-state index in [1.165, 1.54) is 12.1 Å². The first-order chi connectivity index (χ1) is 6.72. The van der Waals surface area contributed by atoms with E-state index < -0.39 is 0 Å². The van der Waals surface area contributed by atoms with Crippen molar-refractivity contribution in [3.63, 3.8) is 0 Å². The first-order valence-corrected chi connectivity index (χ1v) is 4.35. The minimum absolute atomic E-state index is 0.191. The molecule has 1 rings (SSSR count). The number of hydrogen-bond donors (Lipinski definition) is 1. The van der Waals surface area contributed by atoms with Gasteiger partial charge in [-0.25, -0.2) is 4.39 Å². The molecule has 14 heavy (non-hydrogen) atoms. The number of hydrogen-bond acceptors (Lipinski definition) is 3. The summed E-state index contributed by atoms with van der Waals surface area (Å²) in [4.78, 5) is 0. The lowest BCUT2D eigenvalue weighted by atomic mass is 10.3. The SMILES string of the molecule is COCC(N)COc1cccc(F)c1. The van der Waals surface area contributed by atoms with Crippen LogP contribution in [0.2, 0.25) is 0 Å². The van der Waals surface area contributed by atoms with E-state index in [0.29, 0.717) is 19.0 Å². The molecule has 0 heterocycles. The lowest BCUT2D eigenvalue weighted by Crippen LogP contribution is -2.32. The number of nitrogens with two attached hydrogens (primary N) is 1. The van der Waals surface area contributed by atoms with Gasteiger partial charge in [-0.05, 0) is 12.1 Å². The summed E-state index contributed by atoms with van der Waals surface area (Å²) in [5.74, 6) is 0.166. The summed E-state index contributed by atoms with van der Waals surface area (Å²) in [5, 5.41) is 0. The van der Waals surface area contributed by atoms with Crippen molar-refractivity contribution >= 4 is 0 Å². The Morgan fingerprint density at radius 1 is 1.43 bits per heavy atom. The molecule has 0 aromatic heterocycles. The molecule has 0 amide bonds. The smallest absolute Gasteiger partial charge is 0.126 e. The van der Waals surface area contributed by atoms with E-state index in [1.54, 1.807) is 19.2 Å². The number of rotatable bonds is 5. The van der Waals surface area contributed by atoms with E-state index >= 15 is 0 Å². The molecule has 1 unspecified atom stereocenters. The lowest BCUT2D eigenvalue weighted by Gasteiger charge is -2.11. The molecule has 3 nitrogen and oxygen atoms in total. The van der Waals surface area contributed by atoms with Crippen molar-refractivity contribution in [2.75, 3.05) is 20.3 Å². The van der Waals surface area contributed by atoms with E-state index in [9.17, 15) is 4.39 Å². The number of halogens is 1. The highest BCUT2D eigenvalue weighted by atomic mass is 19.1. The van der Waals surface area contributed by atoms with Gasteiger partial charge >= 0.3 is 0 Å². The van der Waals surface area contributed by atoms with Gasteiger partial charge in [0.25, 0.3) is 0 Å². The van der Waals surface area contributed by atoms with Crippen LogP contribution in [0.5, 0.6) is 5.75 Å². The second-order valence-corrected chi connectivity index (χ2v) is 2.98. The fourth-order valence-corrected chi connectivity index (χ4v) is 1.02. The van der Waals surface area contributed by atoms with Gasteiger partial charge in [0, 0.05) is 13.2 Å². The summed E-state index contributed by atoms with van der Waals surface area (Å²) in [6, 6.07) is 5.76. The molecule has 4 heteroatoms. The van der Waals surface area contributed by atoms with E-state index in [1.807, 2.05) is 0 Å². The highest BCUT2D eigenvalue weighted by Crippen LogP contribution is 2.11. The van der Waals surface area contributed by atoms with E-state index in [2.05, 4.69) is 0 Å². The zero-order chi connectivity index (χ0) is 10.4. The number of ether oxygens (including phenoxy) is 2. The fraction of sp³-hybridized carbons (Fsp3) is 0.400. The largest absolute Gasteiger partial charge is 0.492 e. The average Bonchev–Trinajstić information content (AvgIpc) is 2.15. The summed E-state index contributed by atoms with van der Waals surface area (Å²) in [5.41, 5.74) is 5.63. The van der Waals surface area contributed by atoms with Crippen LogP contribution < -0.4 is 10.5 Å². The predicted octanol–water partition coefficient (Wildman–Crippen LogP) is 1.18. The highest BCUT2D eigenvalue weighted by molar-refractivity contribution is 5.22. The topological polar surface area (TPSA) is 44.5 Å². The van der Waals surface area contributed by atoms with Gasteiger partial charge in [0.15, 0.2) is 0 Å². The quantitative estimate of drug-likeness (QED) is 0.774. The standard InChI is InChI=1S/C10H14FNO2/c1-13-6-9(12)7-14-10-4-2-3-8(11)5-10/h2-5,9H,6-7,12H2,1H3. The van der Waals surface area contributed by atoms with Crippen LogP contribution in [0.4, 0.5) is 4.39 Å². The lowest BCUT2D eigenvalue weighted by molar-refractivity contribution is 0.152. The van der Waals surface area contributed by atoms with Gasteiger partial charge in [-0.2, -0.15) is 0 Å². The Morgan fingerprint density at radius 3 is 2.86 bits per heavy atom. The normalized spacial score (nSPS) is 12.5. The van der Waals surface area contributed by atoms with Crippen LogP contribution in [-0.4, -0.2) is 26.4 Å². The molecule has 0 aliphatic rings. The molecule has 2 N–H and O–H groups in total. The van der Waals surface area contributed by atoms with Gasteiger partial charge < -0.3 is 15.2 Å². The van der Waals surface area contributed by atoms with Gasteiger partial charge in [0.2, 0.25) is 0 Å². The highest BCUT2D eigenvalue weighted by Gasteiger charge is 2.03. The predicted molar refractivity (Wildman–Crippen MR) is 51.7 cm³/mol. The van der Waals surface area contributed by atoms with Gasteiger partial charge in [0.05, 0.1) is 12.6 Å². The van der Waals surface area contributed by atoms with Crippen LogP contribution >= 0.6 is 0 Å². The van der Waals surface area contributed by atoms with Gasteiger partial charge in [-0.1, -0.05) is 6.07 Å². The monoisotopic (exact) mass is 199 g/mol. The minimum Gasteiger partial charge on any atom is -0.492 e. The molecule has 0 saturated heterocycles. The maximum Gasteiger partial charge on any atom is 0.126 e. The van der Waals surface area contributed by atoms with Crippen molar-refractivity contribution in [3.05, 3.63) is 30.1 Å². The Balaban J connectivity index is 2.37. The average molecular weight is 199 g/mol. The first-order valence-electron chi connectivity index (χ1n) is 4.35. The number of benzene rings is 1. The van der Waals surface area contributed by atoms with Crippen molar-refractivity contribution < 1.29 is 13.9 Å². The second kappa shape index (κ2) is 5.57. The molecular weight excluding hydrogens is 185 g/mol. The van der Waals surface area contributed by atoms with Crippen LogP contribution in [0.25, 0.3) is 0 Å². The van der Waals surface area contributed by atoms with Crippen LogP contribution in [0, 0.1) is 5.82 Å². The second-order valence-electron chi connectivity index (χ2n) is 2.98. The Labute approximate surface area is 82.6 Å². The summed E-state index contributed by atoms with van der Waals surface area (Å²) in [6.07, 6.45) is 0. The Morgan fingerprint density at radius 2 is 2.21 bits per heavy atom. The Bertz CT molecular complexity index is 281. The van der Waals surface area contributed by atoms with Crippen molar-refractivity contribution in [2.45, 2.75) is 6.04 Å². The van der Waals surface area contributed by atoms with Crippen molar-refractivity contribution in [3.8, 4) is 5.75 Å². The van der Waals surface area contributed by atoms with Crippen LogP contribution in [0.15, 0.2) is 24.3 Å². The van der Waals surface area contributed by atoms with Crippen LogP contribution in [0.3, 0.4) is 0 Å². The molecular formula is C10H14FNO2. The molecule has 0 radical (unpaired) electrons. The third-order valence-corrected chi connectivity index (χ3v) is 1.64. The molecule has 0 bridgehead atoms. The van der Waals surface area contributed by atoms with Gasteiger partial charge in [-0.15, -0.1) is 0 Å². The molecule has 1 aromatic carbocycles. The summed E-state index contributed by atoms with van der Waals surface area (Å²) >= 11 is 0. The third-order valence-electron chi connectivity index (χ3n) is 1.64. The zero-order valence-corrected chi connectivity index (χ0v) is 8.07. The van der Waals surface area contributed by atoms with E-state index in [0.717, 1.165) is 0 Å². The van der Waals surface area contributed by atoms with Crippen molar-refractivity contribution in [2.24, 2.45) is 5.73 Å². The molecule has 1 atom stereocenters. The molecule has 0 fully saturated rings. The summed E-state index contributed by atoms with van der Waals surface area (Å²) < 4.78 is 22.8. The van der Waals surface area contributed by atoms with Gasteiger partial charge in [-0.3, -0.25) is 0 Å². The molecule has 0 aliphatic carbocycles. The maximum absolute atomic E-state index is 12.7. The molecule has 0 aliphatic heterocycles. The summed E-state index contributed by atoms with van der Waals surface area (Å²) in [7, 11) is 1.57. The fourth-order valence-electron chi connectivity index (χ4n) is 1.02. The number of methoxy groups -OCH3 is 1.